The largest absolute Gasteiger partial charge is 0.495 e. The summed E-state index contributed by atoms with van der Waals surface area (Å²) in [6.07, 6.45) is 0. The molecule has 10 heteroatoms. The Morgan fingerprint density at radius 1 is 0.897 bits per heavy atom. The van der Waals surface area contributed by atoms with Crippen LogP contribution in [0.5, 0.6) is 5.75 Å². The van der Waals surface area contributed by atoms with Crippen LogP contribution in [0.25, 0.3) is 5.69 Å². The maximum atomic E-state index is 14.2. The molecule has 0 radical (unpaired) electrons. The Morgan fingerprint density at radius 2 is 1.59 bits per heavy atom. The van der Waals surface area contributed by atoms with Crippen LogP contribution in [0.2, 0.25) is 0 Å². The fraction of sp³-hybridized carbons (Fsp3) is 0.276. The molecule has 0 N–H and O–H groups in total. The van der Waals surface area contributed by atoms with Crippen LogP contribution in [0.3, 0.4) is 0 Å². The first-order valence-electron chi connectivity index (χ1n) is 12.7. The minimum Gasteiger partial charge on any atom is -0.495 e. The average molecular weight is 548 g/mol. The molecular weight excluding hydrogens is 517 g/mol. The van der Waals surface area contributed by atoms with Crippen LogP contribution >= 0.6 is 11.8 Å². The molecular formula is C29H30FN5O3S. The number of methoxy groups -OCH3 is 2. The molecule has 0 saturated carbocycles. The number of carbonyl (C=O) groups excluding carboxylic acids is 1. The van der Waals surface area contributed by atoms with Crippen molar-refractivity contribution in [2.24, 2.45) is 0 Å². The summed E-state index contributed by atoms with van der Waals surface area (Å²) in [5, 5.41) is 9.44. The van der Waals surface area contributed by atoms with Crippen molar-refractivity contribution in [1.29, 1.82) is 0 Å². The smallest absolute Gasteiger partial charge is 0.254 e. The molecule has 0 unspecified atom stereocenters. The first kappa shape index (κ1) is 26.7. The van der Waals surface area contributed by atoms with Gasteiger partial charge in [-0.3, -0.25) is 9.36 Å². The van der Waals surface area contributed by atoms with Crippen molar-refractivity contribution in [2.75, 3.05) is 45.3 Å². The molecule has 1 aliphatic rings. The van der Waals surface area contributed by atoms with Crippen molar-refractivity contribution in [3.05, 3.63) is 95.6 Å². The van der Waals surface area contributed by atoms with Crippen molar-refractivity contribution in [2.45, 2.75) is 17.5 Å². The van der Waals surface area contributed by atoms with E-state index in [9.17, 15) is 9.18 Å². The highest BCUT2D eigenvalue weighted by Crippen LogP contribution is 2.31. The maximum absolute atomic E-state index is 14.2. The van der Waals surface area contributed by atoms with Crippen LogP contribution in [-0.4, -0.2) is 66.0 Å². The monoisotopic (exact) mass is 547 g/mol. The van der Waals surface area contributed by atoms with E-state index in [2.05, 4.69) is 10.2 Å². The van der Waals surface area contributed by atoms with Gasteiger partial charge >= 0.3 is 0 Å². The second kappa shape index (κ2) is 12.3. The molecule has 0 aliphatic carbocycles. The number of halogens is 1. The van der Waals surface area contributed by atoms with Gasteiger partial charge in [0.15, 0.2) is 11.0 Å². The number of anilines is 1. The lowest BCUT2D eigenvalue weighted by Gasteiger charge is -2.36. The van der Waals surface area contributed by atoms with E-state index in [0.717, 1.165) is 11.3 Å². The SMILES string of the molecule is COCc1nnc(SCc2ccccc2C(=O)N2CCN(c3ccccc3F)CC2)n1-c1ccccc1OC. The Labute approximate surface area is 231 Å². The van der Waals surface area contributed by atoms with Gasteiger partial charge in [0.1, 0.15) is 18.2 Å². The molecule has 0 spiro atoms. The minimum absolute atomic E-state index is 0.0225. The van der Waals surface area contributed by atoms with Gasteiger partial charge in [0, 0.05) is 44.6 Å². The van der Waals surface area contributed by atoms with Crippen LogP contribution in [0.4, 0.5) is 10.1 Å². The number of ether oxygens (including phenoxy) is 2. The highest BCUT2D eigenvalue weighted by molar-refractivity contribution is 7.98. The third-order valence-corrected chi connectivity index (χ3v) is 7.64. The minimum atomic E-state index is -0.241. The number of hydrogen-bond donors (Lipinski definition) is 0. The molecule has 0 atom stereocenters. The Balaban J connectivity index is 1.32. The Kier molecular flexibility index (Phi) is 8.43. The van der Waals surface area contributed by atoms with Crippen LogP contribution in [0.15, 0.2) is 78.0 Å². The van der Waals surface area contributed by atoms with Crippen LogP contribution in [0.1, 0.15) is 21.7 Å². The quantitative estimate of drug-likeness (QED) is 0.278. The first-order valence-corrected chi connectivity index (χ1v) is 13.7. The number of para-hydroxylation sites is 3. The normalized spacial score (nSPS) is 13.5. The molecule has 202 valence electrons. The first-order chi connectivity index (χ1) is 19.1. The summed E-state index contributed by atoms with van der Waals surface area (Å²) in [5.41, 5.74) is 2.96. The zero-order valence-electron chi connectivity index (χ0n) is 21.9. The van der Waals surface area contributed by atoms with Crippen LogP contribution in [-0.2, 0) is 17.1 Å². The standard InChI is InChI=1S/C29H30FN5O3S/c1-37-19-27-31-32-29(35(27)25-13-7-8-14-26(25)38-2)39-20-21-9-3-4-10-22(21)28(36)34-17-15-33(16-18-34)24-12-6-5-11-23(24)30/h3-14H,15-20H2,1-2H3. The van der Waals surface area contributed by atoms with E-state index in [4.69, 9.17) is 9.47 Å². The van der Waals surface area contributed by atoms with Gasteiger partial charge in [-0.25, -0.2) is 4.39 Å². The molecule has 39 heavy (non-hydrogen) atoms. The highest BCUT2D eigenvalue weighted by Gasteiger charge is 2.25. The number of thioether (sulfide) groups is 1. The number of rotatable bonds is 9. The van der Waals surface area contributed by atoms with Gasteiger partial charge < -0.3 is 19.3 Å². The lowest BCUT2D eigenvalue weighted by atomic mass is 10.1. The molecule has 0 bridgehead atoms. The lowest BCUT2D eigenvalue weighted by molar-refractivity contribution is 0.0746. The van der Waals surface area contributed by atoms with E-state index in [1.807, 2.05) is 69.0 Å². The number of nitrogens with zero attached hydrogens (tertiary/aromatic N) is 5. The summed E-state index contributed by atoms with van der Waals surface area (Å²) >= 11 is 1.50. The van der Waals surface area contributed by atoms with E-state index < -0.39 is 0 Å². The summed E-state index contributed by atoms with van der Waals surface area (Å²) in [7, 11) is 3.25. The number of carbonyl (C=O) groups is 1. The molecule has 1 saturated heterocycles. The van der Waals surface area contributed by atoms with Gasteiger partial charge in [0.05, 0.1) is 18.5 Å². The second-order valence-corrected chi connectivity index (χ2v) is 9.96. The zero-order valence-corrected chi connectivity index (χ0v) is 22.7. The molecule has 1 aromatic heterocycles. The molecule has 5 rings (SSSR count). The molecule has 3 aromatic carbocycles. The topological polar surface area (TPSA) is 72.7 Å². The van der Waals surface area contributed by atoms with E-state index >= 15 is 0 Å². The van der Waals surface area contributed by atoms with E-state index in [1.54, 1.807) is 26.4 Å². The van der Waals surface area contributed by atoms with Gasteiger partial charge in [0.25, 0.3) is 5.91 Å². The number of aromatic nitrogens is 3. The lowest BCUT2D eigenvalue weighted by Crippen LogP contribution is -2.49. The van der Waals surface area contributed by atoms with Crippen molar-refractivity contribution < 1.29 is 18.7 Å². The van der Waals surface area contributed by atoms with Crippen molar-refractivity contribution in [1.82, 2.24) is 19.7 Å². The average Bonchev–Trinajstić information content (AvgIpc) is 3.38. The highest BCUT2D eigenvalue weighted by atomic mass is 32.2. The number of benzene rings is 3. The Morgan fingerprint density at radius 3 is 2.33 bits per heavy atom. The second-order valence-electron chi connectivity index (χ2n) is 9.02. The summed E-state index contributed by atoms with van der Waals surface area (Å²) in [4.78, 5) is 17.4. The van der Waals surface area contributed by atoms with Crippen LogP contribution in [0, 0.1) is 5.82 Å². The number of amides is 1. The van der Waals surface area contributed by atoms with E-state index in [1.165, 1.54) is 17.8 Å². The summed E-state index contributed by atoms with van der Waals surface area (Å²) < 4.78 is 27.1. The molecule has 1 aliphatic heterocycles. The predicted molar refractivity (Wildman–Crippen MR) is 149 cm³/mol. The van der Waals surface area contributed by atoms with Gasteiger partial charge in [0.2, 0.25) is 0 Å². The molecule has 4 aromatic rings. The van der Waals surface area contributed by atoms with Gasteiger partial charge in [-0.05, 0) is 35.9 Å². The van der Waals surface area contributed by atoms with Crippen molar-refractivity contribution >= 4 is 23.4 Å². The maximum Gasteiger partial charge on any atom is 0.254 e. The molecule has 1 fully saturated rings. The summed E-state index contributed by atoms with van der Waals surface area (Å²) in [6.45, 7) is 2.50. The Hall–Kier alpha value is -3.89. The van der Waals surface area contributed by atoms with Crippen molar-refractivity contribution in [3.8, 4) is 11.4 Å². The predicted octanol–water partition coefficient (Wildman–Crippen LogP) is 4.82. The molecule has 2 heterocycles. The fourth-order valence-corrected chi connectivity index (χ4v) is 5.67. The van der Waals surface area contributed by atoms with E-state index in [0.29, 0.717) is 66.5 Å². The molecule has 8 nitrogen and oxygen atoms in total. The Bertz CT molecular complexity index is 1440. The number of piperazine rings is 1. The number of hydrogen-bond acceptors (Lipinski definition) is 7. The zero-order chi connectivity index (χ0) is 27.2. The summed E-state index contributed by atoms with van der Waals surface area (Å²) in [5.74, 6) is 1.61. The van der Waals surface area contributed by atoms with Gasteiger partial charge in [-0.2, -0.15) is 0 Å². The summed E-state index contributed by atoms with van der Waals surface area (Å²) in [6, 6.07) is 22.1. The molecule has 1 amide bonds. The third-order valence-electron chi connectivity index (χ3n) is 6.66. The van der Waals surface area contributed by atoms with Gasteiger partial charge in [-0.1, -0.05) is 54.2 Å². The third kappa shape index (κ3) is 5.76. The fourth-order valence-electron chi connectivity index (χ4n) is 4.70. The van der Waals surface area contributed by atoms with Crippen molar-refractivity contribution in [3.63, 3.8) is 0 Å². The van der Waals surface area contributed by atoms with E-state index in [-0.39, 0.29) is 11.7 Å². The van der Waals surface area contributed by atoms with Gasteiger partial charge in [-0.15, -0.1) is 10.2 Å². The van der Waals surface area contributed by atoms with Crippen LogP contribution < -0.4 is 9.64 Å².